The molecule has 0 radical (unpaired) electrons. The first-order chi connectivity index (χ1) is 13.0. The predicted octanol–water partition coefficient (Wildman–Crippen LogP) is 3.84. The van der Waals surface area contributed by atoms with Gasteiger partial charge in [-0.25, -0.2) is 9.67 Å². The Labute approximate surface area is 165 Å². The Morgan fingerprint density at radius 2 is 2.04 bits per heavy atom. The summed E-state index contributed by atoms with van der Waals surface area (Å²) >= 11 is 8.01. The highest BCUT2D eigenvalue weighted by Crippen LogP contribution is 2.21. The number of hydrogen-bond acceptors (Lipinski definition) is 4. The average Bonchev–Trinajstić information content (AvgIpc) is 3.29. The fourth-order valence-electron chi connectivity index (χ4n) is 2.90. The molecule has 0 saturated heterocycles. The number of rotatable bonds is 5. The minimum absolute atomic E-state index is 0.246. The van der Waals surface area contributed by atoms with Crippen molar-refractivity contribution in [1.29, 1.82) is 0 Å². The van der Waals surface area contributed by atoms with Crippen molar-refractivity contribution < 1.29 is 4.79 Å². The van der Waals surface area contributed by atoms with Crippen LogP contribution in [0, 0.1) is 13.8 Å². The van der Waals surface area contributed by atoms with E-state index in [1.54, 1.807) is 22.9 Å². The summed E-state index contributed by atoms with van der Waals surface area (Å²) in [4.78, 5) is 18.0. The lowest BCUT2D eigenvalue weighted by molar-refractivity contribution is 0.0950. The van der Waals surface area contributed by atoms with Crippen LogP contribution in [0.2, 0.25) is 5.15 Å². The van der Waals surface area contributed by atoms with E-state index in [2.05, 4.69) is 15.4 Å². The summed E-state index contributed by atoms with van der Waals surface area (Å²) in [5.41, 5.74) is 4.09. The lowest BCUT2D eigenvalue weighted by Crippen LogP contribution is -2.23. The summed E-state index contributed by atoms with van der Waals surface area (Å²) in [5, 5.41) is 9.63. The molecular weight excluding hydrogens is 382 g/mol. The van der Waals surface area contributed by atoms with Gasteiger partial charge in [-0.1, -0.05) is 41.4 Å². The van der Waals surface area contributed by atoms with Crippen LogP contribution in [0.4, 0.5) is 0 Å². The third kappa shape index (κ3) is 3.61. The number of halogens is 1. The lowest BCUT2D eigenvalue weighted by atomic mass is 10.1. The van der Waals surface area contributed by atoms with Crippen molar-refractivity contribution in [2.75, 3.05) is 0 Å². The number of thiazole rings is 1. The Hall–Kier alpha value is -2.64. The minimum Gasteiger partial charge on any atom is -0.346 e. The van der Waals surface area contributed by atoms with Gasteiger partial charge in [0.2, 0.25) is 0 Å². The maximum absolute atomic E-state index is 12.6. The van der Waals surface area contributed by atoms with Gasteiger partial charge in [-0.15, -0.1) is 11.3 Å². The maximum Gasteiger partial charge on any atom is 0.256 e. The van der Waals surface area contributed by atoms with Crippen LogP contribution in [-0.2, 0) is 13.1 Å². The molecule has 0 bridgehead atoms. The van der Waals surface area contributed by atoms with Crippen LogP contribution >= 0.6 is 22.9 Å². The smallest absolute Gasteiger partial charge is 0.256 e. The Bertz CT molecular complexity index is 1080. The molecule has 6 nitrogen and oxygen atoms in total. The summed E-state index contributed by atoms with van der Waals surface area (Å²) in [6, 6.07) is 8.16. The van der Waals surface area contributed by atoms with E-state index in [-0.39, 0.29) is 5.91 Å². The van der Waals surface area contributed by atoms with Gasteiger partial charge in [0.25, 0.3) is 5.91 Å². The number of fused-ring (bicyclic) bond motifs is 1. The number of nitrogens with zero attached hydrogens (tertiary/aromatic N) is 4. The number of nitrogens with one attached hydrogen (secondary N) is 1. The molecule has 1 amide bonds. The molecular formula is C19H18ClN5OS. The second-order valence-electron chi connectivity index (χ2n) is 6.40. The average molecular weight is 400 g/mol. The van der Waals surface area contributed by atoms with Gasteiger partial charge in [0.15, 0.2) is 4.96 Å². The third-order valence-electron chi connectivity index (χ3n) is 4.32. The molecule has 4 rings (SSSR count). The van der Waals surface area contributed by atoms with E-state index in [1.165, 1.54) is 5.56 Å². The summed E-state index contributed by atoms with van der Waals surface area (Å²) < 4.78 is 3.59. The highest BCUT2D eigenvalue weighted by Gasteiger charge is 2.20. The molecule has 3 heterocycles. The first-order valence-electron chi connectivity index (χ1n) is 8.49. The Kier molecular flexibility index (Phi) is 4.72. The van der Waals surface area contributed by atoms with Crippen molar-refractivity contribution >= 4 is 33.8 Å². The van der Waals surface area contributed by atoms with E-state index in [9.17, 15) is 4.79 Å². The van der Waals surface area contributed by atoms with E-state index in [4.69, 9.17) is 11.6 Å². The maximum atomic E-state index is 12.6. The van der Waals surface area contributed by atoms with Crippen molar-refractivity contribution in [3.63, 3.8) is 0 Å². The molecule has 1 aromatic carbocycles. The molecule has 4 aromatic rings. The number of aromatic nitrogens is 4. The number of imidazole rings is 1. The standard InChI is InChI=1S/C19H18ClN5OS/c1-12-3-5-14(6-4-12)10-25-17(20)16(13(2)23-25)18(26)21-9-15-11-24-7-8-27-19(24)22-15/h3-8,11H,9-10H2,1-2H3,(H,21,26). The topological polar surface area (TPSA) is 64.2 Å². The largest absolute Gasteiger partial charge is 0.346 e. The summed E-state index contributed by atoms with van der Waals surface area (Å²) in [6.45, 7) is 4.69. The molecule has 0 aliphatic rings. The van der Waals surface area contributed by atoms with Gasteiger partial charge in [-0.05, 0) is 19.4 Å². The van der Waals surface area contributed by atoms with Gasteiger partial charge in [-0.2, -0.15) is 5.10 Å². The van der Waals surface area contributed by atoms with Crippen molar-refractivity contribution in [1.82, 2.24) is 24.5 Å². The molecule has 0 saturated carbocycles. The van der Waals surface area contributed by atoms with E-state index >= 15 is 0 Å². The zero-order valence-corrected chi connectivity index (χ0v) is 16.5. The van der Waals surface area contributed by atoms with E-state index < -0.39 is 0 Å². The number of amides is 1. The summed E-state index contributed by atoms with van der Waals surface area (Å²) in [7, 11) is 0. The van der Waals surface area contributed by atoms with E-state index in [1.807, 2.05) is 53.4 Å². The molecule has 138 valence electrons. The first-order valence-corrected chi connectivity index (χ1v) is 9.75. The van der Waals surface area contributed by atoms with Crippen molar-refractivity contribution in [2.24, 2.45) is 0 Å². The molecule has 8 heteroatoms. The minimum atomic E-state index is -0.246. The molecule has 0 aliphatic heterocycles. The van der Waals surface area contributed by atoms with Gasteiger partial charge >= 0.3 is 0 Å². The summed E-state index contributed by atoms with van der Waals surface area (Å²) in [5.74, 6) is -0.246. The number of benzene rings is 1. The zero-order valence-electron chi connectivity index (χ0n) is 14.9. The van der Waals surface area contributed by atoms with Gasteiger partial charge < -0.3 is 5.32 Å². The molecule has 3 aromatic heterocycles. The van der Waals surface area contributed by atoms with Crippen LogP contribution in [0.3, 0.4) is 0 Å². The molecule has 0 aliphatic carbocycles. The van der Waals surface area contributed by atoms with Crippen LogP contribution in [-0.4, -0.2) is 25.1 Å². The van der Waals surface area contributed by atoms with Gasteiger partial charge in [0, 0.05) is 17.8 Å². The van der Waals surface area contributed by atoms with Crippen molar-refractivity contribution in [3.8, 4) is 0 Å². The lowest BCUT2D eigenvalue weighted by Gasteiger charge is -2.05. The number of hydrogen-bond donors (Lipinski definition) is 1. The van der Waals surface area contributed by atoms with Crippen molar-refractivity contribution in [3.05, 3.63) is 75.3 Å². The normalized spacial score (nSPS) is 11.2. The van der Waals surface area contributed by atoms with E-state index in [0.717, 1.165) is 16.2 Å². The Balaban J connectivity index is 1.48. The number of aryl methyl sites for hydroxylation is 2. The van der Waals surface area contributed by atoms with Crippen LogP contribution in [0.1, 0.15) is 32.9 Å². The van der Waals surface area contributed by atoms with Gasteiger partial charge in [-0.3, -0.25) is 9.20 Å². The first kappa shape index (κ1) is 17.8. The number of carbonyl (C=O) groups excluding carboxylic acids is 1. The monoisotopic (exact) mass is 399 g/mol. The zero-order chi connectivity index (χ0) is 19.0. The molecule has 0 atom stereocenters. The number of carbonyl (C=O) groups is 1. The molecule has 0 fully saturated rings. The molecule has 0 spiro atoms. The quantitative estimate of drug-likeness (QED) is 0.554. The third-order valence-corrected chi connectivity index (χ3v) is 5.47. The van der Waals surface area contributed by atoms with Crippen LogP contribution in [0.15, 0.2) is 42.0 Å². The molecule has 1 N–H and O–H groups in total. The predicted molar refractivity (Wildman–Crippen MR) is 106 cm³/mol. The molecule has 27 heavy (non-hydrogen) atoms. The summed E-state index contributed by atoms with van der Waals surface area (Å²) in [6.07, 6.45) is 3.84. The fraction of sp³-hybridized carbons (Fsp3) is 0.211. The highest BCUT2D eigenvalue weighted by molar-refractivity contribution is 7.15. The fourth-order valence-corrected chi connectivity index (χ4v) is 3.94. The Morgan fingerprint density at radius 1 is 1.26 bits per heavy atom. The Morgan fingerprint density at radius 3 is 2.78 bits per heavy atom. The highest BCUT2D eigenvalue weighted by atomic mass is 35.5. The second kappa shape index (κ2) is 7.17. The van der Waals surface area contributed by atoms with Gasteiger partial charge in [0.05, 0.1) is 30.0 Å². The second-order valence-corrected chi connectivity index (χ2v) is 7.63. The van der Waals surface area contributed by atoms with Crippen LogP contribution in [0.5, 0.6) is 0 Å². The van der Waals surface area contributed by atoms with Crippen molar-refractivity contribution in [2.45, 2.75) is 26.9 Å². The SMILES string of the molecule is Cc1ccc(Cn2nc(C)c(C(=O)NCc3cn4ccsc4n3)c2Cl)cc1. The van der Waals surface area contributed by atoms with Gasteiger partial charge in [0.1, 0.15) is 5.15 Å². The van der Waals surface area contributed by atoms with E-state index in [0.29, 0.717) is 29.5 Å². The van der Waals surface area contributed by atoms with Crippen LogP contribution < -0.4 is 5.32 Å². The molecule has 0 unspecified atom stereocenters. The van der Waals surface area contributed by atoms with Crippen LogP contribution in [0.25, 0.3) is 4.96 Å².